The minimum Gasteiger partial charge on any atom is -0.339 e. The molecule has 0 unspecified atom stereocenters. The average molecular weight is 324 g/mol. The third-order valence-corrected chi connectivity index (χ3v) is 4.57. The summed E-state index contributed by atoms with van der Waals surface area (Å²) in [5.41, 5.74) is 2.78. The van der Waals surface area contributed by atoms with Crippen molar-refractivity contribution in [3.05, 3.63) is 42.2 Å². The van der Waals surface area contributed by atoms with Crippen molar-refractivity contribution in [3.8, 4) is 0 Å². The van der Waals surface area contributed by atoms with Gasteiger partial charge >= 0.3 is 0 Å². The van der Waals surface area contributed by atoms with Crippen LogP contribution in [0.5, 0.6) is 0 Å². The maximum atomic E-state index is 12.5. The summed E-state index contributed by atoms with van der Waals surface area (Å²) in [6.07, 6.45) is 3.39. The van der Waals surface area contributed by atoms with Crippen molar-refractivity contribution < 1.29 is 4.79 Å². The minimum absolute atomic E-state index is 0.0488. The first-order valence-corrected chi connectivity index (χ1v) is 8.08. The zero-order valence-corrected chi connectivity index (χ0v) is 13.9. The van der Waals surface area contributed by atoms with Crippen LogP contribution in [0.1, 0.15) is 10.4 Å². The van der Waals surface area contributed by atoms with Gasteiger partial charge in [0.15, 0.2) is 0 Å². The zero-order chi connectivity index (χ0) is 16.7. The van der Waals surface area contributed by atoms with Gasteiger partial charge in [0.05, 0.1) is 22.8 Å². The van der Waals surface area contributed by atoms with Crippen molar-refractivity contribution in [1.82, 2.24) is 24.2 Å². The van der Waals surface area contributed by atoms with E-state index in [2.05, 4.69) is 20.6 Å². The molecule has 0 spiro atoms. The van der Waals surface area contributed by atoms with Crippen molar-refractivity contribution in [2.75, 3.05) is 31.1 Å². The summed E-state index contributed by atoms with van der Waals surface area (Å²) in [6, 6.07) is 8.14. The van der Waals surface area contributed by atoms with Crippen LogP contribution in [0.4, 0.5) is 5.95 Å². The molecule has 3 aromatic rings. The summed E-state index contributed by atoms with van der Waals surface area (Å²) in [4.78, 5) is 21.4. The van der Waals surface area contributed by atoms with Crippen molar-refractivity contribution in [2.24, 2.45) is 14.1 Å². The molecule has 0 radical (unpaired) electrons. The standard InChI is InChI=1S/C17H20N6O/c1-20-12-13(11-18-20)16(24)22-7-9-23(10-8-22)17-19-14-5-3-4-6-15(14)21(17)2/h3-6,11-12H,7-10H2,1-2H3. The van der Waals surface area contributed by atoms with E-state index in [1.54, 1.807) is 17.1 Å². The van der Waals surface area contributed by atoms with E-state index >= 15 is 0 Å². The van der Waals surface area contributed by atoms with Gasteiger partial charge in [0.25, 0.3) is 5.91 Å². The number of carbonyl (C=O) groups is 1. The molecule has 0 bridgehead atoms. The highest BCUT2D eigenvalue weighted by molar-refractivity contribution is 5.93. The van der Waals surface area contributed by atoms with Gasteiger partial charge in [-0.05, 0) is 12.1 Å². The zero-order valence-electron chi connectivity index (χ0n) is 13.9. The second kappa shape index (κ2) is 5.67. The molecule has 24 heavy (non-hydrogen) atoms. The fraction of sp³-hybridized carbons (Fsp3) is 0.353. The molecule has 7 nitrogen and oxygen atoms in total. The van der Waals surface area contributed by atoms with Gasteiger partial charge in [-0.2, -0.15) is 5.10 Å². The van der Waals surface area contributed by atoms with Gasteiger partial charge in [-0.3, -0.25) is 9.48 Å². The van der Waals surface area contributed by atoms with Crippen molar-refractivity contribution in [2.45, 2.75) is 0 Å². The summed E-state index contributed by atoms with van der Waals surface area (Å²) >= 11 is 0. The number of amides is 1. The van der Waals surface area contributed by atoms with E-state index in [9.17, 15) is 4.79 Å². The third kappa shape index (κ3) is 2.42. The average Bonchev–Trinajstić information content (AvgIpc) is 3.19. The number of rotatable bonds is 2. The van der Waals surface area contributed by atoms with E-state index in [1.165, 1.54) is 0 Å². The fourth-order valence-electron chi connectivity index (χ4n) is 3.24. The molecule has 1 aromatic carbocycles. The number of hydrogen-bond acceptors (Lipinski definition) is 4. The summed E-state index contributed by atoms with van der Waals surface area (Å²) in [7, 11) is 3.86. The minimum atomic E-state index is 0.0488. The Kier molecular flexibility index (Phi) is 3.48. The lowest BCUT2D eigenvalue weighted by Crippen LogP contribution is -2.49. The smallest absolute Gasteiger partial charge is 0.257 e. The van der Waals surface area contributed by atoms with Gasteiger partial charge in [0.2, 0.25) is 5.95 Å². The van der Waals surface area contributed by atoms with E-state index in [0.717, 1.165) is 30.1 Å². The molecule has 7 heteroatoms. The van der Waals surface area contributed by atoms with Gasteiger partial charge < -0.3 is 14.4 Å². The van der Waals surface area contributed by atoms with Crippen LogP contribution in [0.15, 0.2) is 36.7 Å². The Bertz CT molecular complexity index is 888. The number of imidazole rings is 1. The Morgan fingerprint density at radius 1 is 1.08 bits per heavy atom. The Labute approximate surface area is 140 Å². The molecular weight excluding hydrogens is 304 g/mol. The lowest BCUT2D eigenvalue weighted by Gasteiger charge is -2.35. The monoisotopic (exact) mass is 324 g/mol. The number of para-hydroxylation sites is 2. The molecule has 1 aliphatic rings. The van der Waals surface area contributed by atoms with E-state index in [-0.39, 0.29) is 5.91 Å². The normalized spacial score (nSPS) is 15.2. The maximum absolute atomic E-state index is 12.5. The largest absolute Gasteiger partial charge is 0.339 e. The first-order valence-electron chi connectivity index (χ1n) is 8.08. The van der Waals surface area contributed by atoms with Crippen LogP contribution in [0.2, 0.25) is 0 Å². The molecule has 1 fully saturated rings. The predicted octanol–water partition coefficient (Wildman–Crippen LogP) is 1.27. The van der Waals surface area contributed by atoms with Crippen molar-refractivity contribution >= 4 is 22.9 Å². The number of piperazine rings is 1. The van der Waals surface area contributed by atoms with Crippen LogP contribution in [-0.4, -0.2) is 56.3 Å². The van der Waals surface area contributed by atoms with E-state index in [1.807, 2.05) is 37.2 Å². The number of anilines is 1. The molecule has 0 N–H and O–H groups in total. The summed E-state index contributed by atoms with van der Waals surface area (Å²) < 4.78 is 3.77. The highest BCUT2D eigenvalue weighted by Gasteiger charge is 2.25. The Morgan fingerprint density at radius 2 is 1.83 bits per heavy atom. The SMILES string of the molecule is Cn1cc(C(=O)N2CCN(c3nc4ccccc4n3C)CC2)cn1. The molecule has 1 saturated heterocycles. The van der Waals surface area contributed by atoms with E-state index in [4.69, 9.17) is 4.98 Å². The third-order valence-electron chi connectivity index (χ3n) is 4.57. The van der Waals surface area contributed by atoms with Crippen molar-refractivity contribution in [3.63, 3.8) is 0 Å². The number of hydrogen-bond donors (Lipinski definition) is 0. The molecule has 3 heterocycles. The van der Waals surface area contributed by atoms with Crippen LogP contribution < -0.4 is 4.90 Å². The predicted molar refractivity (Wildman–Crippen MR) is 92.0 cm³/mol. The molecule has 0 atom stereocenters. The lowest BCUT2D eigenvalue weighted by molar-refractivity contribution is 0.0746. The summed E-state index contributed by atoms with van der Waals surface area (Å²) in [5, 5.41) is 4.08. The van der Waals surface area contributed by atoms with Crippen LogP contribution in [-0.2, 0) is 14.1 Å². The second-order valence-corrected chi connectivity index (χ2v) is 6.14. The van der Waals surface area contributed by atoms with E-state index in [0.29, 0.717) is 18.7 Å². The second-order valence-electron chi connectivity index (χ2n) is 6.14. The van der Waals surface area contributed by atoms with Gasteiger partial charge in [-0.25, -0.2) is 4.98 Å². The van der Waals surface area contributed by atoms with Gasteiger partial charge in [-0.15, -0.1) is 0 Å². The number of aryl methyl sites for hydroxylation is 2. The summed E-state index contributed by atoms with van der Waals surface area (Å²) in [5.74, 6) is 1.01. The fourth-order valence-corrected chi connectivity index (χ4v) is 3.24. The number of nitrogens with zero attached hydrogens (tertiary/aromatic N) is 6. The molecular formula is C17H20N6O. The Hall–Kier alpha value is -2.83. The highest BCUT2D eigenvalue weighted by atomic mass is 16.2. The number of benzene rings is 1. The topological polar surface area (TPSA) is 59.2 Å². The first kappa shape index (κ1) is 14.7. The van der Waals surface area contributed by atoms with Crippen LogP contribution in [0.3, 0.4) is 0 Å². The molecule has 0 aliphatic carbocycles. The highest BCUT2D eigenvalue weighted by Crippen LogP contribution is 2.22. The summed E-state index contributed by atoms with van der Waals surface area (Å²) in [6.45, 7) is 2.94. The van der Waals surface area contributed by atoms with Gasteiger partial charge in [0.1, 0.15) is 0 Å². The molecule has 0 saturated carbocycles. The maximum Gasteiger partial charge on any atom is 0.257 e. The Morgan fingerprint density at radius 3 is 2.50 bits per heavy atom. The number of fused-ring (bicyclic) bond motifs is 1. The number of carbonyl (C=O) groups excluding carboxylic acids is 1. The molecule has 1 amide bonds. The van der Waals surface area contributed by atoms with Gasteiger partial charge in [-0.1, -0.05) is 12.1 Å². The molecule has 2 aromatic heterocycles. The Balaban J connectivity index is 1.49. The first-order chi connectivity index (χ1) is 11.6. The number of aromatic nitrogens is 4. The van der Waals surface area contributed by atoms with Crippen LogP contribution >= 0.6 is 0 Å². The van der Waals surface area contributed by atoms with Crippen LogP contribution in [0, 0.1) is 0 Å². The quantitative estimate of drug-likeness (QED) is 0.712. The molecule has 4 rings (SSSR count). The van der Waals surface area contributed by atoms with E-state index < -0.39 is 0 Å². The molecule has 124 valence electrons. The van der Waals surface area contributed by atoms with Crippen LogP contribution in [0.25, 0.3) is 11.0 Å². The van der Waals surface area contributed by atoms with Gasteiger partial charge in [0, 0.05) is 46.5 Å². The van der Waals surface area contributed by atoms with Crippen molar-refractivity contribution in [1.29, 1.82) is 0 Å². The molecule has 1 aliphatic heterocycles. The lowest BCUT2D eigenvalue weighted by atomic mass is 10.2.